The summed E-state index contributed by atoms with van der Waals surface area (Å²) in [6, 6.07) is 10.4. The lowest BCUT2D eigenvalue weighted by atomic mass is 10.1. The quantitative estimate of drug-likeness (QED) is 0.699. The molecule has 3 rings (SSSR count). The second kappa shape index (κ2) is 7.14. The number of benzene rings is 2. The summed E-state index contributed by atoms with van der Waals surface area (Å²) in [6.45, 7) is 1.13. The van der Waals surface area contributed by atoms with Crippen molar-refractivity contribution in [1.29, 1.82) is 0 Å². The largest absolute Gasteiger partial charge is 0.451 e. The smallest absolute Gasteiger partial charge is 0.359 e. The molecule has 26 heavy (non-hydrogen) atoms. The minimum atomic E-state index is -0.858. The van der Waals surface area contributed by atoms with Crippen molar-refractivity contribution in [1.82, 2.24) is 10.2 Å². The normalized spacial score (nSPS) is 10.5. The van der Waals surface area contributed by atoms with Gasteiger partial charge in [0.25, 0.3) is 11.5 Å². The highest BCUT2D eigenvalue weighted by atomic mass is 19.1. The molecule has 0 aliphatic heterocycles. The van der Waals surface area contributed by atoms with Gasteiger partial charge in [-0.3, -0.25) is 9.59 Å². The lowest BCUT2D eigenvalue weighted by Gasteiger charge is -2.09. The molecule has 0 aliphatic rings. The standard InChI is InChI=1S/C18H14FN3O4/c1-10-6-7-11(19)8-14(10)20-15(23)9-26-18(25)16-12-4-2-3-5-13(12)17(24)22-21-16/h2-8H,9H2,1H3,(H,20,23)(H,22,24). The molecular weight excluding hydrogens is 341 g/mol. The van der Waals surface area contributed by atoms with Crippen LogP contribution in [-0.2, 0) is 9.53 Å². The molecule has 1 amide bonds. The molecule has 0 aliphatic carbocycles. The first-order valence-corrected chi connectivity index (χ1v) is 7.66. The first kappa shape index (κ1) is 17.3. The number of carbonyl (C=O) groups is 2. The van der Waals surface area contributed by atoms with E-state index in [9.17, 15) is 18.8 Å². The van der Waals surface area contributed by atoms with Crippen LogP contribution in [0.3, 0.4) is 0 Å². The van der Waals surface area contributed by atoms with Gasteiger partial charge in [-0.05, 0) is 30.7 Å². The Hall–Kier alpha value is -3.55. The lowest BCUT2D eigenvalue weighted by Crippen LogP contribution is -2.23. The predicted octanol–water partition coefficient (Wildman–Crippen LogP) is 2.17. The number of aromatic amines is 1. The van der Waals surface area contributed by atoms with Crippen LogP contribution in [0, 0.1) is 12.7 Å². The van der Waals surface area contributed by atoms with E-state index in [1.165, 1.54) is 18.2 Å². The van der Waals surface area contributed by atoms with E-state index in [2.05, 4.69) is 15.5 Å². The Morgan fingerprint density at radius 1 is 1.19 bits per heavy atom. The molecule has 1 heterocycles. The summed E-state index contributed by atoms with van der Waals surface area (Å²) >= 11 is 0. The van der Waals surface area contributed by atoms with Crippen LogP contribution >= 0.6 is 0 Å². The Kier molecular flexibility index (Phi) is 4.74. The van der Waals surface area contributed by atoms with Crippen molar-refractivity contribution in [3.63, 3.8) is 0 Å². The number of aryl methyl sites for hydroxylation is 1. The summed E-state index contributed by atoms with van der Waals surface area (Å²) < 4.78 is 18.2. The van der Waals surface area contributed by atoms with Crippen LogP contribution < -0.4 is 10.9 Å². The third-order valence-corrected chi connectivity index (χ3v) is 3.70. The third-order valence-electron chi connectivity index (χ3n) is 3.70. The maximum absolute atomic E-state index is 13.2. The summed E-state index contributed by atoms with van der Waals surface area (Å²) in [5.41, 5.74) is 0.421. The summed E-state index contributed by atoms with van der Waals surface area (Å²) in [7, 11) is 0. The van der Waals surface area contributed by atoms with Crippen LogP contribution in [0.1, 0.15) is 16.1 Å². The van der Waals surface area contributed by atoms with Crippen molar-refractivity contribution >= 4 is 28.3 Å². The summed E-state index contributed by atoms with van der Waals surface area (Å²) in [5.74, 6) is -1.98. The maximum Gasteiger partial charge on any atom is 0.359 e. The highest BCUT2D eigenvalue weighted by Crippen LogP contribution is 2.16. The highest BCUT2D eigenvalue weighted by Gasteiger charge is 2.17. The number of esters is 1. The van der Waals surface area contributed by atoms with Gasteiger partial charge in [0.2, 0.25) is 0 Å². The molecule has 3 aromatic rings. The fourth-order valence-corrected chi connectivity index (χ4v) is 2.38. The minimum absolute atomic E-state index is 0.102. The Labute approximate surface area is 146 Å². The van der Waals surface area contributed by atoms with E-state index in [0.29, 0.717) is 16.6 Å². The summed E-state index contributed by atoms with van der Waals surface area (Å²) in [5, 5.41) is 9.00. The molecule has 0 spiro atoms. The van der Waals surface area contributed by atoms with Crippen molar-refractivity contribution in [2.45, 2.75) is 6.92 Å². The van der Waals surface area contributed by atoms with Gasteiger partial charge in [-0.1, -0.05) is 24.3 Å². The van der Waals surface area contributed by atoms with Gasteiger partial charge in [0.15, 0.2) is 12.3 Å². The van der Waals surface area contributed by atoms with Crippen LogP contribution in [0.4, 0.5) is 10.1 Å². The highest BCUT2D eigenvalue weighted by molar-refractivity contribution is 6.03. The van der Waals surface area contributed by atoms with Crippen molar-refractivity contribution in [3.8, 4) is 0 Å². The Morgan fingerprint density at radius 3 is 2.69 bits per heavy atom. The second-order valence-electron chi connectivity index (χ2n) is 5.53. The molecule has 0 saturated heterocycles. The zero-order chi connectivity index (χ0) is 18.7. The topological polar surface area (TPSA) is 101 Å². The van der Waals surface area contributed by atoms with Crippen LogP contribution in [0.5, 0.6) is 0 Å². The van der Waals surface area contributed by atoms with E-state index in [-0.39, 0.29) is 11.1 Å². The number of carbonyl (C=O) groups excluding carboxylic acids is 2. The maximum atomic E-state index is 13.2. The summed E-state index contributed by atoms with van der Waals surface area (Å²) in [4.78, 5) is 35.9. The molecule has 0 unspecified atom stereocenters. The number of halogens is 1. The second-order valence-corrected chi connectivity index (χ2v) is 5.53. The number of rotatable bonds is 4. The van der Waals surface area contributed by atoms with Gasteiger partial charge in [-0.25, -0.2) is 14.3 Å². The number of hydrogen-bond donors (Lipinski definition) is 2. The Morgan fingerprint density at radius 2 is 1.92 bits per heavy atom. The van der Waals surface area contributed by atoms with Gasteiger partial charge in [0.05, 0.1) is 5.39 Å². The number of anilines is 1. The number of ether oxygens (including phenoxy) is 1. The number of aromatic nitrogens is 2. The summed E-state index contributed by atoms with van der Waals surface area (Å²) in [6.07, 6.45) is 0. The average molecular weight is 355 g/mol. The number of hydrogen-bond acceptors (Lipinski definition) is 5. The SMILES string of the molecule is Cc1ccc(F)cc1NC(=O)COC(=O)c1n[nH]c(=O)c2ccccc12. The van der Waals surface area contributed by atoms with E-state index in [1.807, 2.05) is 0 Å². The van der Waals surface area contributed by atoms with Gasteiger partial charge in [0, 0.05) is 11.1 Å². The minimum Gasteiger partial charge on any atom is -0.451 e. The average Bonchev–Trinajstić information content (AvgIpc) is 2.63. The molecule has 1 aromatic heterocycles. The van der Waals surface area contributed by atoms with Crippen LogP contribution in [-0.4, -0.2) is 28.7 Å². The molecule has 0 saturated carbocycles. The van der Waals surface area contributed by atoms with Crippen LogP contribution in [0.25, 0.3) is 10.8 Å². The Balaban J connectivity index is 1.71. The molecular formula is C18H14FN3O4. The van der Waals surface area contributed by atoms with Gasteiger partial charge in [-0.15, -0.1) is 0 Å². The molecule has 2 N–H and O–H groups in total. The van der Waals surface area contributed by atoms with Gasteiger partial charge < -0.3 is 10.1 Å². The lowest BCUT2D eigenvalue weighted by molar-refractivity contribution is -0.119. The van der Waals surface area contributed by atoms with Gasteiger partial charge in [-0.2, -0.15) is 5.10 Å². The number of nitrogens with one attached hydrogen (secondary N) is 2. The van der Waals surface area contributed by atoms with E-state index < -0.39 is 29.9 Å². The molecule has 2 aromatic carbocycles. The fourth-order valence-electron chi connectivity index (χ4n) is 2.38. The predicted molar refractivity (Wildman–Crippen MR) is 92.4 cm³/mol. The fraction of sp³-hybridized carbons (Fsp3) is 0.111. The molecule has 7 nitrogen and oxygen atoms in total. The molecule has 0 fully saturated rings. The van der Waals surface area contributed by atoms with E-state index in [0.717, 1.165) is 0 Å². The zero-order valence-corrected chi connectivity index (χ0v) is 13.7. The van der Waals surface area contributed by atoms with E-state index >= 15 is 0 Å². The zero-order valence-electron chi connectivity index (χ0n) is 13.7. The van der Waals surface area contributed by atoms with E-state index in [1.54, 1.807) is 31.2 Å². The van der Waals surface area contributed by atoms with Crippen molar-refractivity contribution in [2.75, 3.05) is 11.9 Å². The number of amides is 1. The Bertz CT molecular complexity index is 1060. The van der Waals surface area contributed by atoms with Crippen molar-refractivity contribution < 1.29 is 18.7 Å². The molecule has 0 atom stereocenters. The monoisotopic (exact) mass is 355 g/mol. The van der Waals surface area contributed by atoms with Crippen molar-refractivity contribution in [3.05, 3.63) is 69.9 Å². The number of nitrogens with zero attached hydrogens (tertiary/aromatic N) is 1. The van der Waals surface area contributed by atoms with E-state index in [4.69, 9.17) is 4.74 Å². The van der Waals surface area contributed by atoms with Crippen LogP contribution in [0.2, 0.25) is 0 Å². The molecule has 132 valence electrons. The van der Waals surface area contributed by atoms with Crippen LogP contribution in [0.15, 0.2) is 47.3 Å². The first-order valence-electron chi connectivity index (χ1n) is 7.66. The van der Waals surface area contributed by atoms with Gasteiger partial charge in [0.1, 0.15) is 5.82 Å². The molecule has 0 radical (unpaired) electrons. The molecule has 0 bridgehead atoms. The first-order chi connectivity index (χ1) is 12.5. The number of H-pyrrole nitrogens is 1. The number of fused-ring (bicyclic) bond motifs is 1. The van der Waals surface area contributed by atoms with Gasteiger partial charge >= 0.3 is 5.97 Å². The molecule has 8 heteroatoms. The third kappa shape index (κ3) is 3.59. The van der Waals surface area contributed by atoms with Crippen molar-refractivity contribution in [2.24, 2.45) is 0 Å².